The molecular formula is C30H40F2N3O6PS. The van der Waals surface area contributed by atoms with Crippen molar-refractivity contribution < 1.29 is 37.5 Å². The summed E-state index contributed by atoms with van der Waals surface area (Å²) >= 11 is 1.03. The van der Waals surface area contributed by atoms with Crippen LogP contribution in [0.25, 0.3) is 10.1 Å². The van der Waals surface area contributed by atoms with Gasteiger partial charge in [-0.1, -0.05) is 46.1 Å². The van der Waals surface area contributed by atoms with Crippen LogP contribution in [0, 0.1) is 5.41 Å². The Morgan fingerprint density at radius 1 is 1.02 bits per heavy atom. The molecule has 1 aromatic heterocycles. The zero-order valence-corrected chi connectivity index (χ0v) is 26.5. The Morgan fingerprint density at radius 2 is 1.70 bits per heavy atom. The maximum Gasteiger partial charge on any atom is 0.399 e. The van der Waals surface area contributed by atoms with Crippen LogP contribution in [-0.4, -0.2) is 68.0 Å². The summed E-state index contributed by atoms with van der Waals surface area (Å²) in [5.41, 5.74) is -6.01. The van der Waals surface area contributed by atoms with Crippen LogP contribution in [0.5, 0.6) is 0 Å². The highest BCUT2D eigenvalue weighted by atomic mass is 32.1. The number of alkyl halides is 2. The second-order valence-corrected chi connectivity index (χ2v) is 16.0. The summed E-state index contributed by atoms with van der Waals surface area (Å²) in [5, 5.41) is 3.08. The molecule has 1 unspecified atom stereocenters. The minimum atomic E-state index is -5.75. The highest BCUT2D eigenvalue weighted by molar-refractivity contribution is 7.52. The molecule has 2 atom stereocenters. The second kappa shape index (κ2) is 11.5. The summed E-state index contributed by atoms with van der Waals surface area (Å²) in [6.45, 7) is 6.65. The van der Waals surface area contributed by atoms with E-state index in [9.17, 15) is 27.7 Å². The quantitative estimate of drug-likeness (QED) is 0.354. The van der Waals surface area contributed by atoms with E-state index < -0.39 is 42.2 Å². The lowest BCUT2D eigenvalue weighted by Gasteiger charge is -2.44. The number of benzene rings is 1. The topological polar surface area (TPSA) is 127 Å². The standard InChI is InChI=1S/C30H40F2N3O6PS/c1-28(2,3)24(33-25(36)23-18-19-17-20(10-11-22(19)43-23)30(31,32)42(39,40)41)27(38)34-15-7-9-21(34)26(37)35-16-8-14-29(35)12-5-4-6-13-29/h10-11,17-18,21,24H,4-9,12-16H2,1-3H3,(H,33,36)(H2,39,40,41)/t21-,24?/m0/s1. The number of likely N-dealkylation sites (tertiary alicyclic amines) is 2. The molecule has 236 valence electrons. The zero-order chi connectivity index (χ0) is 31.4. The molecule has 3 N–H and O–H groups in total. The Hall–Kier alpha value is -2.40. The van der Waals surface area contributed by atoms with Crippen LogP contribution in [0.1, 0.15) is 93.8 Å². The van der Waals surface area contributed by atoms with Crippen LogP contribution in [0.2, 0.25) is 0 Å². The van der Waals surface area contributed by atoms with Crippen molar-refractivity contribution in [1.82, 2.24) is 15.1 Å². The summed E-state index contributed by atoms with van der Waals surface area (Å²) in [4.78, 5) is 63.5. The third-order valence-electron chi connectivity index (χ3n) is 9.31. The molecule has 3 heterocycles. The summed E-state index contributed by atoms with van der Waals surface area (Å²) in [6.07, 6.45) is 8.69. The first-order chi connectivity index (χ1) is 20.0. The van der Waals surface area contributed by atoms with Crippen LogP contribution >= 0.6 is 18.9 Å². The number of nitrogens with zero attached hydrogens (tertiary/aromatic N) is 2. The number of carbonyl (C=O) groups excluding carboxylic acids is 3. The minimum absolute atomic E-state index is 0.0108. The maximum absolute atomic E-state index is 14.3. The van der Waals surface area contributed by atoms with Gasteiger partial charge in [0.2, 0.25) is 11.8 Å². The summed E-state index contributed by atoms with van der Waals surface area (Å²) in [5.74, 6) is -0.879. The van der Waals surface area contributed by atoms with Gasteiger partial charge in [0.25, 0.3) is 5.91 Å². The first-order valence-corrected chi connectivity index (χ1v) is 17.4. The van der Waals surface area contributed by atoms with Gasteiger partial charge in [-0.25, -0.2) is 0 Å². The molecule has 43 heavy (non-hydrogen) atoms. The fourth-order valence-corrected chi connectivity index (χ4v) is 8.43. The van der Waals surface area contributed by atoms with Gasteiger partial charge in [0, 0.05) is 28.9 Å². The van der Waals surface area contributed by atoms with E-state index in [2.05, 4.69) is 10.2 Å². The van der Waals surface area contributed by atoms with Gasteiger partial charge >= 0.3 is 13.3 Å². The molecule has 1 aliphatic carbocycles. The van der Waals surface area contributed by atoms with E-state index in [1.165, 1.54) is 18.6 Å². The Labute approximate surface area is 254 Å². The van der Waals surface area contributed by atoms with Gasteiger partial charge in [-0.3, -0.25) is 18.9 Å². The average molecular weight is 640 g/mol. The fourth-order valence-electron chi connectivity index (χ4n) is 7.01. The molecule has 13 heteroatoms. The number of nitrogens with one attached hydrogen (secondary N) is 1. The molecule has 5 rings (SSSR count). The molecule has 0 bridgehead atoms. The maximum atomic E-state index is 14.3. The first kappa shape index (κ1) is 32.0. The Balaban J connectivity index is 1.35. The molecule has 1 saturated carbocycles. The summed E-state index contributed by atoms with van der Waals surface area (Å²) in [6, 6.07) is 3.05. The number of hydrogen-bond donors (Lipinski definition) is 3. The van der Waals surface area contributed by atoms with Gasteiger partial charge in [-0.15, -0.1) is 11.3 Å². The molecule has 1 spiro atoms. The number of rotatable bonds is 6. The zero-order valence-electron chi connectivity index (χ0n) is 24.8. The van der Waals surface area contributed by atoms with Gasteiger partial charge in [0.05, 0.1) is 4.88 Å². The van der Waals surface area contributed by atoms with Gasteiger partial charge in [0.15, 0.2) is 0 Å². The SMILES string of the molecule is CC(C)(C)C(NC(=O)c1cc2cc(C(F)(F)P(=O)(O)O)ccc2s1)C(=O)N1CCC[C@H]1C(=O)N1CCCC12CCCCC2. The molecule has 0 radical (unpaired) electrons. The highest BCUT2D eigenvalue weighted by Crippen LogP contribution is 2.59. The molecule has 2 saturated heterocycles. The number of hydrogen-bond acceptors (Lipinski definition) is 5. The molecule has 2 aromatic rings. The third-order valence-corrected chi connectivity index (χ3v) is 11.4. The Bertz CT molecular complexity index is 1460. The van der Waals surface area contributed by atoms with Crippen molar-refractivity contribution in [2.24, 2.45) is 5.41 Å². The Kier molecular flexibility index (Phi) is 8.57. The summed E-state index contributed by atoms with van der Waals surface area (Å²) < 4.78 is 40.4. The van der Waals surface area contributed by atoms with E-state index in [0.717, 1.165) is 62.0 Å². The summed E-state index contributed by atoms with van der Waals surface area (Å²) in [7, 11) is -5.75. The van der Waals surface area contributed by atoms with Crippen molar-refractivity contribution in [1.29, 1.82) is 0 Å². The normalized spacial score (nSPS) is 21.9. The fraction of sp³-hybridized carbons (Fsp3) is 0.633. The second-order valence-electron chi connectivity index (χ2n) is 13.3. The van der Waals surface area contributed by atoms with E-state index in [0.29, 0.717) is 30.6 Å². The number of carbonyl (C=O) groups is 3. The van der Waals surface area contributed by atoms with E-state index in [-0.39, 0.29) is 27.6 Å². The first-order valence-electron chi connectivity index (χ1n) is 15.0. The van der Waals surface area contributed by atoms with Crippen LogP contribution < -0.4 is 5.32 Å². The lowest BCUT2D eigenvalue weighted by atomic mass is 9.79. The third kappa shape index (κ3) is 6.00. The van der Waals surface area contributed by atoms with Crippen LogP contribution in [0.3, 0.4) is 0 Å². The number of amides is 3. The van der Waals surface area contributed by atoms with E-state index >= 15 is 0 Å². The molecule has 3 aliphatic rings. The number of fused-ring (bicyclic) bond motifs is 1. The molecule has 1 aromatic carbocycles. The van der Waals surface area contributed by atoms with Crippen molar-refractivity contribution in [3.63, 3.8) is 0 Å². The van der Waals surface area contributed by atoms with Gasteiger partial charge in [0.1, 0.15) is 12.1 Å². The molecule has 3 amide bonds. The highest BCUT2D eigenvalue weighted by Gasteiger charge is 2.51. The Morgan fingerprint density at radius 3 is 2.35 bits per heavy atom. The van der Waals surface area contributed by atoms with E-state index in [1.807, 2.05) is 20.8 Å². The predicted octanol–water partition coefficient (Wildman–Crippen LogP) is 5.59. The molecule has 2 aliphatic heterocycles. The molecule has 3 fully saturated rings. The average Bonchev–Trinajstić information content (AvgIpc) is 3.68. The lowest BCUT2D eigenvalue weighted by molar-refractivity contribution is -0.149. The monoisotopic (exact) mass is 639 g/mol. The van der Waals surface area contributed by atoms with Crippen molar-refractivity contribution >= 4 is 46.7 Å². The van der Waals surface area contributed by atoms with Gasteiger partial charge < -0.3 is 24.9 Å². The smallest absolute Gasteiger partial charge is 0.339 e. The van der Waals surface area contributed by atoms with Crippen molar-refractivity contribution in [2.45, 2.75) is 102 Å². The van der Waals surface area contributed by atoms with Gasteiger partial charge in [-0.2, -0.15) is 8.78 Å². The molecule has 9 nitrogen and oxygen atoms in total. The lowest BCUT2D eigenvalue weighted by Crippen LogP contribution is -2.59. The van der Waals surface area contributed by atoms with Crippen molar-refractivity contribution in [3.05, 3.63) is 34.7 Å². The van der Waals surface area contributed by atoms with Gasteiger partial charge in [-0.05, 0) is 67.5 Å². The van der Waals surface area contributed by atoms with Crippen LogP contribution in [0.4, 0.5) is 8.78 Å². The van der Waals surface area contributed by atoms with E-state index in [1.54, 1.807) is 4.90 Å². The number of thiophene rings is 1. The van der Waals surface area contributed by atoms with Crippen molar-refractivity contribution in [2.75, 3.05) is 13.1 Å². The van der Waals surface area contributed by atoms with E-state index in [4.69, 9.17) is 9.79 Å². The van der Waals surface area contributed by atoms with Crippen LogP contribution in [0.15, 0.2) is 24.3 Å². The minimum Gasteiger partial charge on any atom is -0.339 e. The van der Waals surface area contributed by atoms with Crippen molar-refractivity contribution in [3.8, 4) is 0 Å². The van der Waals surface area contributed by atoms with Crippen LogP contribution in [-0.2, 0) is 19.8 Å². The largest absolute Gasteiger partial charge is 0.399 e. The number of halogens is 2. The predicted molar refractivity (Wildman–Crippen MR) is 160 cm³/mol. The molecular weight excluding hydrogens is 599 g/mol.